The number of aromatic nitrogens is 2. The number of carboxylic acid groups (broad SMARTS) is 1. The predicted molar refractivity (Wildman–Crippen MR) is 92.9 cm³/mol. The van der Waals surface area contributed by atoms with Gasteiger partial charge in [0.2, 0.25) is 5.91 Å². The second-order valence-corrected chi connectivity index (χ2v) is 6.28. The van der Waals surface area contributed by atoms with Crippen LogP contribution in [0.25, 0.3) is 11.3 Å². The molecule has 138 valence electrons. The van der Waals surface area contributed by atoms with Gasteiger partial charge in [-0.1, -0.05) is 26.0 Å². The van der Waals surface area contributed by atoms with Gasteiger partial charge < -0.3 is 10.4 Å². The number of hydrogen-bond acceptors (Lipinski definition) is 4. The number of carbonyl (C=O) groups excluding carboxylic acids is 1. The topological polar surface area (TPSA) is 101 Å². The zero-order valence-electron chi connectivity index (χ0n) is 14.5. The number of hydrogen-bond donors (Lipinski definition) is 2. The van der Waals surface area contributed by atoms with Gasteiger partial charge in [0.1, 0.15) is 18.4 Å². The highest BCUT2D eigenvalue weighted by Gasteiger charge is 2.21. The van der Waals surface area contributed by atoms with Crippen molar-refractivity contribution in [3.63, 3.8) is 0 Å². The molecular weight excluding hydrogens is 341 g/mol. The monoisotopic (exact) mass is 361 g/mol. The van der Waals surface area contributed by atoms with Crippen molar-refractivity contribution in [3.8, 4) is 11.3 Å². The second kappa shape index (κ2) is 8.37. The molecule has 2 N–H and O–H groups in total. The Morgan fingerprint density at radius 2 is 1.92 bits per heavy atom. The number of nitrogens with one attached hydrogen (secondary N) is 1. The van der Waals surface area contributed by atoms with Gasteiger partial charge in [0, 0.05) is 11.6 Å². The number of halogens is 1. The van der Waals surface area contributed by atoms with Gasteiger partial charge in [-0.25, -0.2) is 13.9 Å². The summed E-state index contributed by atoms with van der Waals surface area (Å²) in [5.41, 5.74) is -0.145. The van der Waals surface area contributed by atoms with Crippen LogP contribution < -0.4 is 10.9 Å². The molecule has 1 amide bonds. The molecule has 1 aromatic carbocycles. The van der Waals surface area contributed by atoms with Crippen molar-refractivity contribution >= 4 is 11.9 Å². The number of amides is 1. The maximum Gasteiger partial charge on any atom is 0.326 e. The van der Waals surface area contributed by atoms with Crippen LogP contribution in [0.3, 0.4) is 0 Å². The van der Waals surface area contributed by atoms with Gasteiger partial charge in [-0.15, -0.1) is 0 Å². The molecule has 0 radical (unpaired) electrons. The van der Waals surface area contributed by atoms with Crippen LogP contribution in [-0.4, -0.2) is 32.8 Å². The molecule has 0 bridgehead atoms. The molecule has 0 aliphatic rings. The third-order valence-corrected chi connectivity index (χ3v) is 3.65. The number of rotatable bonds is 7. The highest BCUT2D eigenvalue weighted by molar-refractivity contribution is 5.83. The maximum atomic E-state index is 13.9. The van der Waals surface area contributed by atoms with E-state index in [9.17, 15) is 23.9 Å². The Bertz CT molecular complexity index is 864. The number of carbonyl (C=O) groups is 2. The molecule has 1 heterocycles. The molecule has 2 aromatic rings. The third-order valence-electron chi connectivity index (χ3n) is 3.65. The fraction of sp³-hybridized carbons (Fsp3) is 0.333. The quantitative estimate of drug-likeness (QED) is 0.781. The molecule has 1 aromatic heterocycles. The first kappa shape index (κ1) is 19.3. The van der Waals surface area contributed by atoms with Crippen molar-refractivity contribution in [3.05, 3.63) is 52.6 Å². The molecule has 2 rings (SSSR count). The summed E-state index contributed by atoms with van der Waals surface area (Å²) in [6, 6.07) is 7.44. The first-order chi connectivity index (χ1) is 12.3. The molecule has 0 saturated heterocycles. The van der Waals surface area contributed by atoms with Gasteiger partial charge in [0.05, 0.1) is 5.69 Å². The van der Waals surface area contributed by atoms with Gasteiger partial charge in [-0.2, -0.15) is 5.10 Å². The number of carboxylic acids is 1. The molecule has 1 unspecified atom stereocenters. The summed E-state index contributed by atoms with van der Waals surface area (Å²) in [4.78, 5) is 35.3. The van der Waals surface area contributed by atoms with Crippen LogP contribution in [0.4, 0.5) is 4.39 Å². The van der Waals surface area contributed by atoms with Gasteiger partial charge in [0.25, 0.3) is 5.56 Å². The van der Waals surface area contributed by atoms with Crippen LogP contribution >= 0.6 is 0 Å². The fourth-order valence-electron chi connectivity index (χ4n) is 2.44. The predicted octanol–water partition coefficient (Wildman–Crippen LogP) is 1.66. The molecule has 26 heavy (non-hydrogen) atoms. The van der Waals surface area contributed by atoms with Gasteiger partial charge in [-0.05, 0) is 30.5 Å². The fourth-order valence-corrected chi connectivity index (χ4v) is 2.44. The minimum absolute atomic E-state index is 0.0710. The van der Waals surface area contributed by atoms with E-state index in [1.165, 1.54) is 30.3 Å². The molecular formula is C18H20FN3O4. The van der Waals surface area contributed by atoms with Crippen molar-refractivity contribution in [2.45, 2.75) is 32.9 Å². The van der Waals surface area contributed by atoms with E-state index in [1.807, 2.05) is 13.8 Å². The number of nitrogens with zero attached hydrogens (tertiary/aromatic N) is 2. The van der Waals surface area contributed by atoms with Crippen LogP contribution in [0.15, 0.2) is 41.2 Å². The largest absolute Gasteiger partial charge is 0.480 e. The molecule has 7 nitrogen and oxygen atoms in total. The Kier molecular flexibility index (Phi) is 6.21. The molecule has 1 atom stereocenters. The third kappa shape index (κ3) is 4.98. The van der Waals surface area contributed by atoms with E-state index >= 15 is 0 Å². The Hall–Kier alpha value is -3.03. The van der Waals surface area contributed by atoms with Crippen molar-refractivity contribution in [2.24, 2.45) is 5.92 Å². The smallest absolute Gasteiger partial charge is 0.326 e. The van der Waals surface area contributed by atoms with Crippen molar-refractivity contribution in [1.29, 1.82) is 0 Å². The van der Waals surface area contributed by atoms with Crippen molar-refractivity contribution in [1.82, 2.24) is 15.1 Å². The van der Waals surface area contributed by atoms with Gasteiger partial charge in [0.15, 0.2) is 0 Å². The summed E-state index contributed by atoms with van der Waals surface area (Å²) in [5, 5.41) is 15.6. The minimum Gasteiger partial charge on any atom is -0.480 e. The first-order valence-electron chi connectivity index (χ1n) is 8.13. The summed E-state index contributed by atoms with van der Waals surface area (Å²) < 4.78 is 14.8. The highest BCUT2D eigenvalue weighted by Crippen LogP contribution is 2.18. The van der Waals surface area contributed by atoms with Gasteiger partial charge in [-0.3, -0.25) is 9.59 Å². The van der Waals surface area contributed by atoms with Crippen LogP contribution in [0.2, 0.25) is 0 Å². The highest BCUT2D eigenvalue weighted by atomic mass is 19.1. The summed E-state index contributed by atoms with van der Waals surface area (Å²) in [6.45, 7) is 3.22. The number of benzene rings is 1. The van der Waals surface area contributed by atoms with Crippen LogP contribution in [-0.2, 0) is 16.1 Å². The molecule has 0 saturated carbocycles. The van der Waals surface area contributed by atoms with E-state index in [2.05, 4.69) is 10.4 Å². The normalized spacial score (nSPS) is 12.0. The molecule has 0 spiro atoms. The Balaban J connectivity index is 2.20. The SMILES string of the molecule is CC(C)CC(NC(=O)Cn1nc(-c2ccccc2F)ccc1=O)C(=O)O. The maximum absolute atomic E-state index is 13.9. The van der Waals surface area contributed by atoms with E-state index in [4.69, 9.17) is 0 Å². The van der Waals surface area contributed by atoms with E-state index in [1.54, 1.807) is 6.07 Å². The van der Waals surface area contributed by atoms with Gasteiger partial charge >= 0.3 is 5.97 Å². The Morgan fingerprint density at radius 3 is 2.54 bits per heavy atom. The average Bonchev–Trinajstić information content (AvgIpc) is 2.56. The lowest BCUT2D eigenvalue weighted by Gasteiger charge is -2.16. The van der Waals surface area contributed by atoms with Crippen molar-refractivity contribution < 1.29 is 19.1 Å². The zero-order valence-corrected chi connectivity index (χ0v) is 14.5. The molecule has 0 aliphatic heterocycles. The zero-order chi connectivity index (χ0) is 19.3. The standard InChI is InChI=1S/C18H20FN3O4/c1-11(2)9-15(18(25)26)20-16(23)10-22-17(24)8-7-14(21-22)12-5-3-4-6-13(12)19/h3-8,11,15H,9-10H2,1-2H3,(H,20,23)(H,25,26). The van der Waals surface area contributed by atoms with Crippen LogP contribution in [0.5, 0.6) is 0 Å². The van der Waals surface area contributed by atoms with Crippen molar-refractivity contribution in [2.75, 3.05) is 0 Å². The minimum atomic E-state index is -1.15. The van der Waals surface area contributed by atoms with E-state index in [0.29, 0.717) is 0 Å². The van der Waals surface area contributed by atoms with E-state index in [-0.39, 0.29) is 23.6 Å². The molecule has 0 aliphatic carbocycles. The lowest BCUT2D eigenvalue weighted by atomic mass is 10.0. The summed E-state index contributed by atoms with van der Waals surface area (Å²) >= 11 is 0. The Morgan fingerprint density at radius 1 is 1.23 bits per heavy atom. The first-order valence-corrected chi connectivity index (χ1v) is 8.13. The summed E-state index contributed by atoms with van der Waals surface area (Å²) in [6.07, 6.45) is 0.263. The summed E-state index contributed by atoms with van der Waals surface area (Å²) in [5.74, 6) is -2.23. The van der Waals surface area contributed by atoms with E-state index in [0.717, 1.165) is 4.68 Å². The lowest BCUT2D eigenvalue weighted by Crippen LogP contribution is -2.44. The Labute approximate surface area is 149 Å². The average molecular weight is 361 g/mol. The second-order valence-electron chi connectivity index (χ2n) is 6.28. The molecule has 8 heteroatoms. The van der Waals surface area contributed by atoms with Crippen LogP contribution in [0, 0.1) is 11.7 Å². The number of aliphatic carboxylic acids is 1. The lowest BCUT2D eigenvalue weighted by molar-refractivity contribution is -0.142. The molecule has 0 fully saturated rings. The van der Waals surface area contributed by atoms with E-state index < -0.39 is 35.8 Å². The van der Waals surface area contributed by atoms with Crippen LogP contribution in [0.1, 0.15) is 20.3 Å². The summed E-state index contributed by atoms with van der Waals surface area (Å²) in [7, 11) is 0.